The Morgan fingerprint density at radius 3 is 2.55 bits per heavy atom. The fourth-order valence-corrected chi connectivity index (χ4v) is 6.72. The zero-order valence-corrected chi connectivity index (χ0v) is 28.0. The molecule has 5 aromatic rings. The highest BCUT2D eigenvalue weighted by molar-refractivity contribution is 6.31. The van der Waals surface area contributed by atoms with Crippen molar-refractivity contribution in [1.29, 1.82) is 0 Å². The van der Waals surface area contributed by atoms with Crippen molar-refractivity contribution in [2.24, 2.45) is 0 Å². The fraction of sp³-hybridized carbons (Fsp3) is 0.278. The summed E-state index contributed by atoms with van der Waals surface area (Å²) in [5, 5.41) is 1.91. The number of nitrogens with two attached hydrogens (primary N) is 1. The predicted octanol–water partition coefficient (Wildman–Crippen LogP) is 5.00. The molecular formula is C36H34ClN7O5. The van der Waals surface area contributed by atoms with Crippen LogP contribution in [0.25, 0.3) is 21.8 Å². The van der Waals surface area contributed by atoms with E-state index >= 15 is 0 Å². The van der Waals surface area contributed by atoms with Gasteiger partial charge in [0.2, 0.25) is 5.91 Å². The molecule has 0 aliphatic carbocycles. The van der Waals surface area contributed by atoms with Crippen molar-refractivity contribution in [3.8, 4) is 0 Å². The van der Waals surface area contributed by atoms with E-state index < -0.39 is 29.6 Å². The van der Waals surface area contributed by atoms with E-state index in [1.807, 2.05) is 35.2 Å². The second kappa shape index (κ2) is 12.3. The smallest absolute Gasteiger partial charge is 0.419 e. The van der Waals surface area contributed by atoms with Gasteiger partial charge in [0, 0.05) is 46.7 Å². The van der Waals surface area contributed by atoms with Gasteiger partial charge < -0.3 is 15.4 Å². The molecule has 1 unspecified atom stereocenters. The number of nitrogen functional groups attached to an aromatic ring is 1. The van der Waals surface area contributed by atoms with Gasteiger partial charge in [0.1, 0.15) is 23.8 Å². The normalized spacial score (nSPS) is 16.9. The molecule has 7 rings (SSSR count). The second-order valence-corrected chi connectivity index (χ2v) is 13.8. The molecule has 0 spiro atoms. The van der Waals surface area contributed by atoms with Crippen LogP contribution in [0.4, 0.5) is 10.6 Å². The van der Waals surface area contributed by atoms with E-state index in [0.29, 0.717) is 38.5 Å². The molecule has 2 aliphatic rings. The molecule has 1 atom stereocenters. The van der Waals surface area contributed by atoms with Crippen molar-refractivity contribution in [2.45, 2.75) is 52.0 Å². The number of hydrogen-bond donors (Lipinski definition) is 1. The highest BCUT2D eigenvalue weighted by Gasteiger charge is 2.43. The maximum atomic E-state index is 14.3. The van der Waals surface area contributed by atoms with Crippen LogP contribution in [0.3, 0.4) is 0 Å². The summed E-state index contributed by atoms with van der Waals surface area (Å²) >= 11 is 6.29. The first-order chi connectivity index (χ1) is 23.4. The molecule has 0 radical (unpaired) electrons. The number of piperazine rings is 1. The first-order valence-electron chi connectivity index (χ1n) is 15.8. The zero-order chi connectivity index (χ0) is 34.6. The molecule has 3 amide bonds. The summed E-state index contributed by atoms with van der Waals surface area (Å²) in [4.78, 5) is 68.2. The summed E-state index contributed by atoms with van der Waals surface area (Å²) in [5.41, 5.74) is 9.00. The molecule has 2 aromatic heterocycles. The summed E-state index contributed by atoms with van der Waals surface area (Å²) in [7, 11) is 0. The number of halogens is 1. The summed E-state index contributed by atoms with van der Waals surface area (Å²) in [5.74, 6) is -0.845. The van der Waals surface area contributed by atoms with Gasteiger partial charge >= 0.3 is 6.09 Å². The average Bonchev–Trinajstić information content (AvgIpc) is 3.57. The van der Waals surface area contributed by atoms with Gasteiger partial charge in [-0.25, -0.2) is 19.3 Å². The SMILES string of the molecule is CC(C)(C)OC(=O)n1c(CN2CC(=O)N(Cc3ccc4c(N)ncnc4c3)C(C(=O)N3Cc4ccccc4C3=O)C2)cc2cc(Cl)ccc21. The maximum absolute atomic E-state index is 14.3. The molecular weight excluding hydrogens is 646 g/mol. The van der Waals surface area contributed by atoms with Crippen LogP contribution in [-0.4, -0.2) is 77.8 Å². The molecule has 250 valence electrons. The lowest BCUT2D eigenvalue weighted by Crippen LogP contribution is -2.61. The molecule has 0 saturated carbocycles. The summed E-state index contributed by atoms with van der Waals surface area (Å²) in [6.45, 7) is 5.82. The Hall–Kier alpha value is -5.33. The third kappa shape index (κ3) is 6.20. The van der Waals surface area contributed by atoms with E-state index in [1.165, 1.54) is 20.7 Å². The minimum atomic E-state index is -1.00. The number of nitrogens with zero attached hydrogens (tertiary/aromatic N) is 6. The summed E-state index contributed by atoms with van der Waals surface area (Å²) in [6, 6.07) is 18.6. The number of carbonyl (C=O) groups is 4. The minimum absolute atomic E-state index is 0.0305. The van der Waals surface area contributed by atoms with Crippen LogP contribution in [0.2, 0.25) is 5.02 Å². The summed E-state index contributed by atoms with van der Waals surface area (Å²) < 4.78 is 7.22. The highest BCUT2D eigenvalue weighted by atomic mass is 35.5. The van der Waals surface area contributed by atoms with E-state index in [0.717, 1.165) is 16.5 Å². The summed E-state index contributed by atoms with van der Waals surface area (Å²) in [6.07, 6.45) is 0.803. The van der Waals surface area contributed by atoms with Crippen LogP contribution in [-0.2, 0) is 34.0 Å². The van der Waals surface area contributed by atoms with Crippen LogP contribution in [0.1, 0.15) is 48.0 Å². The Bertz CT molecular complexity index is 2170. The number of ether oxygens (including phenoxy) is 1. The van der Waals surface area contributed by atoms with E-state index in [2.05, 4.69) is 9.97 Å². The Morgan fingerprint density at radius 2 is 1.78 bits per heavy atom. The van der Waals surface area contributed by atoms with E-state index in [4.69, 9.17) is 22.1 Å². The van der Waals surface area contributed by atoms with Crippen LogP contribution < -0.4 is 5.73 Å². The number of fused-ring (bicyclic) bond motifs is 3. The number of hydrogen-bond acceptors (Lipinski definition) is 9. The van der Waals surface area contributed by atoms with Gasteiger partial charge in [-0.05, 0) is 74.4 Å². The molecule has 13 heteroatoms. The fourth-order valence-electron chi connectivity index (χ4n) is 6.54. The number of carbonyl (C=O) groups excluding carboxylic acids is 4. The van der Waals surface area contributed by atoms with Crippen molar-refractivity contribution < 1.29 is 23.9 Å². The van der Waals surface area contributed by atoms with E-state index in [-0.39, 0.29) is 38.6 Å². The van der Waals surface area contributed by atoms with Gasteiger partial charge in [-0.3, -0.25) is 24.2 Å². The lowest BCUT2D eigenvalue weighted by Gasteiger charge is -2.41. The van der Waals surface area contributed by atoms with Gasteiger partial charge in [-0.15, -0.1) is 0 Å². The third-order valence-corrected chi connectivity index (χ3v) is 8.98. The van der Waals surface area contributed by atoms with Crippen molar-refractivity contribution in [1.82, 2.24) is 29.2 Å². The molecule has 49 heavy (non-hydrogen) atoms. The monoisotopic (exact) mass is 679 g/mol. The molecule has 2 aliphatic heterocycles. The van der Waals surface area contributed by atoms with Crippen LogP contribution >= 0.6 is 11.6 Å². The topological polar surface area (TPSA) is 144 Å². The molecule has 2 N–H and O–H groups in total. The van der Waals surface area contributed by atoms with Crippen molar-refractivity contribution >= 4 is 63.0 Å². The van der Waals surface area contributed by atoms with Gasteiger partial charge in [0.05, 0.1) is 24.1 Å². The first kappa shape index (κ1) is 32.2. The molecule has 1 saturated heterocycles. The second-order valence-electron chi connectivity index (χ2n) is 13.4. The molecule has 3 aromatic carbocycles. The third-order valence-electron chi connectivity index (χ3n) is 8.75. The maximum Gasteiger partial charge on any atom is 0.419 e. The van der Waals surface area contributed by atoms with E-state index in [9.17, 15) is 19.2 Å². The van der Waals surface area contributed by atoms with Crippen molar-refractivity contribution in [3.63, 3.8) is 0 Å². The quantitative estimate of drug-likeness (QED) is 0.254. The van der Waals surface area contributed by atoms with Crippen LogP contribution in [0.5, 0.6) is 0 Å². The molecule has 4 heterocycles. The molecule has 12 nitrogen and oxygen atoms in total. The lowest BCUT2D eigenvalue weighted by atomic mass is 10.1. The lowest BCUT2D eigenvalue weighted by molar-refractivity contribution is -0.151. The molecule has 0 bridgehead atoms. The number of aromatic nitrogens is 3. The van der Waals surface area contributed by atoms with Crippen LogP contribution in [0, 0.1) is 0 Å². The van der Waals surface area contributed by atoms with Gasteiger partial charge in [0.25, 0.3) is 11.8 Å². The number of anilines is 1. The number of rotatable bonds is 5. The Kier molecular flexibility index (Phi) is 8.08. The first-order valence-corrected chi connectivity index (χ1v) is 16.2. The number of amides is 3. The Labute approximate surface area is 287 Å². The minimum Gasteiger partial charge on any atom is -0.443 e. The predicted molar refractivity (Wildman–Crippen MR) is 183 cm³/mol. The van der Waals surface area contributed by atoms with E-state index in [1.54, 1.807) is 57.2 Å². The van der Waals surface area contributed by atoms with Crippen molar-refractivity contribution in [2.75, 3.05) is 18.8 Å². The number of benzene rings is 3. The largest absolute Gasteiger partial charge is 0.443 e. The van der Waals surface area contributed by atoms with Gasteiger partial charge in [0.15, 0.2) is 0 Å². The van der Waals surface area contributed by atoms with Gasteiger partial charge in [-0.1, -0.05) is 35.9 Å². The standard InChI is InChI=1S/C36H34ClN7O5/c1-36(2,3)49-35(48)44-25(14-23-13-24(37)9-11-29(23)44)17-41-18-30(34(47)43-16-22-6-4-5-7-26(22)33(43)46)42(31(45)19-41)15-21-8-10-27-28(12-21)39-20-40-32(27)38/h4-14,20,30H,15-19H2,1-3H3,(H2,38,39,40). The van der Waals surface area contributed by atoms with Crippen LogP contribution in [0.15, 0.2) is 73.1 Å². The van der Waals surface area contributed by atoms with Crippen molar-refractivity contribution in [3.05, 3.63) is 100 Å². The zero-order valence-electron chi connectivity index (χ0n) is 27.2. The Morgan fingerprint density at radius 1 is 0.980 bits per heavy atom. The Balaban J connectivity index is 1.23. The number of imide groups is 1. The average molecular weight is 680 g/mol. The van der Waals surface area contributed by atoms with Gasteiger partial charge in [-0.2, -0.15) is 0 Å². The highest BCUT2D eigenvalue weighted by Crippen LogP contribution is 2.30. The molecule has 1 fully saturated rings.